The number of hydrogen-bond donors (Lipinski definition) is 1. The van der Waals surface area contributed by atoms with E-state index in [-0.39, 0.29) is 5.91 Å². The summed E-state index contributed by atoms with van der Waals surface area (Å²) in [5.41, 5.74) is 4.40. The van der Waals surface area contributed by atoms with E-state index in [1.165, 1.54) is 15.8 Å². The lowest BCUT2D eigenvalue weighted by atomic mass is 10.1. The van der Waals surface area contributed by atoms with Crippen molar-refractivity contribution in [3.63, 3.8) is 0 Å². The maximum absolute atomic E-state index is 12.6. The van der Waals surface area contributed by atoms with E-state index < -0.39 is 0 Å². The van der Waals surface area contributed by atoms with E-state index in [0.29, 0.717) is 6.54 Å². The van der Waals surface area contributed by atoms with Crippen molar-refractivity contribution in [1.29, 1.82) is 0 Å². The Hall–Kier alpha value is -2.51. The summed E-state index contributed by atoms with van der Waals surface area (Å²) in [5.74, 6) is 1.07. The number of nitrogens with one attached hydrogen (secondary N) is 1. The number of amides is 1. The number of hydrogen-bond acceptors (Lipinski definition) is 6. The fourth-order valence-corrected chi connectivity index (χ4v) is 4.91. The molecule has 3 aromatic rings. The number of benzene rings is 1. The van der Waals surface area contributed by atoms with Gasteiger partial charge in [0.25, 0.3) is 0 Å². The topological polar surface area (TPSA) is 61.4 Å². The number of aromatic nitrogens is 2. The third kappa shape index (κ3) is 3.97. The monoisotopic (exact) mass is 409 g/mol. The van der Waals surface area contributed by atoms with Gasteiger partial charge in [0.05, 0.1) is 11.9 Å². The molecule has 4 rings (SSSR count). The van der Waals surface area contributed by atoms with Gasteiger partial charge in [0.2, 0.25) is 5.91 Å². The van der Waals surface area contributed by atoms with Crippen LogP contribution >= 0.6 is 11.3 Å². The van der Waals surface area contributed by atoms with Crippen LogP contribution in [-0.4, -0.2) is 53.5 Å². The van der Waals surface area contributed by atoms with E-state index in [1.807, 2.05) is 32.0 Å². The van der Waals surface area contributed by atoms with Crippen LogP contribution in [0.5, 0.6) is 0 Å². The summed E-state index contributed by atoms with van der Waals surface area (Å²) in [6, 6.07) is 6.07. The second kappa shape index (κ2) is 8.08. The molecule has 2 aromatic heterocycles. The lowest BCUT2D eigenvalue weighted by molar-refractivity contribution is -0.117. The molecule has 3 heterocycles. The standard InChI is InChI=1S/C22H27N5OS/c1-14-6-5-7-15(2)20(14)25-18(28)12-26-8-10-27(11-9-26)21-19-16(3)17(4)29-22(19)24-13-23-21/h5-7,13H,8-12H2,1-4H3,(H,25,28). The zero-order chi connectivity index (χ0) is 20.5. The smallest absolute Gasteiger partial charge is 0.238 e. The molecule has 1 fully saturated rings. The van der Waals surface area contributed by atoms with Gasteiger partial charge in [-0.1, -0.05) is 18.2 Å². The van der Waals surface area contributed by atoms with E-state index in [0.717, 1.165) is 53.6 Å². The molecule has 1 saturated heterocycles. The first-order valence-corrected chi connectivity index (χ1v) is 10.8. The fourth-order valence-electron chi connectivity index (χ4n) is 3.92. The van der Waals surface area contributed by atoms with Gasteiger partial charge in [-0.25, -0.2) is 9.97 Å². The van der Waals surface area contributed by atoms with Crippen LogP contribution in [0.15, 0.2) is 24.5 Å². The number of thiophene rings is 1. The first kappa shape index (κ1) is 19.8. The molecule has 1 aliphatic rings. The molecule has 1 amide bonds. The van der Waals surface area contributed by atoms with Gasteiger partial charge in [-0.05, 0) is 44.4 Å². The van der Waals surface area contributed by atoms with Crippen LogP contribution in [0.1, 0.15) is 21.6 Å². The van der Waals surface area contributed by atoms with Crippen LogP contribution in [0.3, 0.4) is 0 Å². The van der Waals surface area contributed by atoms with E-state index in [4.69, 9.17) is 0 Å². The number of para-hydroxylation sites is 1. The minimum atomic E-state index is 0.0459. The van der Waals surface area contributed by atoms with Gasteiger partial charge in [-0.3, -0.25) is 9.69 Å². The van der Waals surface area contributed by atoms with Crippen molar-refractivity contribution in [3.05, 3.63) is 46.1 Å². The van der Waals surface area contributed by atoms with Crippen LogP contribution < -0.4 is 10.2 Å². The SMILES string of the molecule is Cc1cccc(C)c1NC(=O)CN1CCN(c2ncnc3sc(C)c(C)c23)CC1. The largest absolute Gasteiger partial charge is 0.353 e. The summed E-state index contributed by atoms with van der Waals surface area (Å²) in [6.07, 6.45) is 1.66. The number of piperazine rings is 1. The van der Waals surface area contributed by atoms with Crippen LogP contribution in [0, 0.1) is 27.7 Å². The molecule has 0 radical (unpaired) electrons. The molecule has 0 unspecified atom stereocenters. The van der Waals surface area contributed by atoms with Crippen molar-refractivity contribution in [3.8, 4) is 0 Å². The minimum absolute atomic E-state index is 0.0459. The van der Waals surface area contributed by atoms with Crippen molar-refractivity contribution in [2.45, 2.75) is 27.7 Å². The average Bonchev–Trinajstić information content (AvgIpc) is 2.99. The Labute approximate surface area is 175 Å². The molecule has 7 heteroatoms. The van der Waals surface area contributed by atoms with Crippen molar-refractivity contribution < 1.29 is 4.79 Å². The lowest BCUT2D eigenvalue weighted by Crippen LogP contribution is -2.49. The highest BCUT2D eigenvalue weighted by molar-refractivity contribution is 7.18. The number of fused-ring (bicyclic) bond motifs is 1. The Bertz CT molecular complexity index is 1030. The molecule has 29 heavy (non-hydrogen) atoms. The molecule has 0 atom stereocenters. The molecule has 6 nitrogen and oxygen atoms in total. The van der Waals surface area contributed by atoms with Gasteiger partial charge >= 0.3 is 0 Å². The van der Waals surface area contributed by atoms with Gasteiger partial charge in [-0.15, -0.1) is 11.3 Å². The van der Waals surface area contributed by atoms with E-state index in [2.05, 4.69) is 38.9 Å². The van der Waals surface area contributed by atoms with Gasteiger partial charge in [0, 0.05) is 36.7 Å². The number of carbonyl (C=O) groups is 1. The van der Waals surface area contributed by atoms with Crippen molar-refractivity contribution in [1.82, 2.24) is 14.9 Å². The molecule has 1 aromatic carbocycles. The summed E-state index contributed by atoms with van der Waals surface area (Å²) >= 11 is 1.73. The normalized spacial score (nSPS) is 15.1. The Morgan fingerprint density at radius 1 is 1.07 bits per heavy atom. The Morgan fingerprint density at radius 2 is 1.76 bits per heavy atom. The summed E-state index contributed by atoms with van der Waals surface area (Å²) in [6.45, 7) is 12.1. The van der Waals surface area contributed by atoms with Crippen molar-refractivity contribution in [2.75, 3.05) is 42.9 Å². The Morgan fingerprint density at radius 3 is 2.45 bits per heavy atom. The third-order valence-corrected chi connectivity index (χ3v) is 6.85. The zero-order valence-electron chi connectivity index (χ0n) is 17.5. The Balaban J connectivity index is 1.40. The molecule has 1 aliphatic heterocycles. The van der Waals surface area contributed by atoms with Gasteiger partial charge in [0.15, 0.2) is 0 Å². The van der Waals surface area contributed by atoms with Crippen LogP contribution in [0.4, 0.5) is 11.5 Å². The summed E-state index contributed by atoms with van der Waals surface area (Å²) < 4.78 is 0. The van der Waals surface area contributed by atoms with Gasteiger partial charge in [0.1, 0.15) is 17.0 Å². The molecular weight excluding hydrogens is 382 g/mol. The zero-order valence-corrected chi connectivity index (χ0v) is 18.3. The molecule has 0 bridgehead atoms. The van der Waals surface area contributed by atoms with Gasteiger partial charge in [-0.2, -0.15) is 0 Å². The first-order chi connectivity index (χ1) is 13.9. The van der Waals surface area contributed by atoms with Crippen LogP contribution in [-0.2, 0) is 4.79 Å². The van der Waals surface area contributed by atoms with Crippen molar-refractivity contribution in [2.24, 2.45) is 0 Å². The maximum Gasteiger partial charge on any atom is 0.238 e. The third-order valence-electron chi connectivity index (χ3n) is 5.73. The second-order valence-corrected chi connectivity index (χ2v) is 8.94. The molecule has 0 spiro atoms. The summed E-state index contributed by atoms with van der Waals surface area (Å²) in [4.78, 5) is 28.5. The highest BCUT2D eigenvalue weighted by Gasteiger charge is 2.23. The molecule has 152 valence electrons. The molecule has 1 N–H and O–H groups in total. The predicted octanol–water partition coefficient (Wildman–Crippen LogP) is 3.69. The van der Waals surface area contributed by atoms with E-state index >= 15 is 0 Å². The van der Waals surface area contributed by atoms with Crippen LogP contribution in [0.25, 0.3) is 10.2 Å². The second-order valence-electron chi connectivity index (χ2n) is 7.74. The number of aryl methyl sites for hydroxylation is 4. The van der Waals surface area contributed by atoms with E-state index in [9.17, 15) is 4.79 Å². The number of nitrogens with zero attached hydrogens (tertiary/aromatic N) is 4. The summed E-state index contributed by atoms with van der Waals surface area (Å²) in [5, 5.41) is 4.27. The fraction of sp³-hybridized carbons (Fsp3) is 0.409. The maximum atomic E-state index is 12.6. The summed E-state index contributed by atoms with van der Waals surface area (Å²) in [7, 11) is 0. The average molecular weight is 410 g/mol. The number of carbonyl (C=O) groups excluding carboxylic acids is 1. The highest BCUT2D eigenvalue weighted by Crippen LogP contribution is 2.34. The number of rotatable bonds is 4. The molecular formula is C22H27N5OS. The van der Waals surface area contributed by atoms with E-state index in [1.54, 1.807) is 17.7 Å². The highest BCUT2D eigenvalue weighted by atomic mass is 32.1. The van der Waals surface area contributed by atoms with Gasteiger partial charge < -0.3 is 10.2 Å². The first-order valence-electron chi connectivity index (χ1n) is 9.98. The van der Waals surface area contributed by atoms with Crippen molar-refractivity contribution >= 4 is 39.0 Å². The van der Waals surface area contributed by atoms with Crippen LogP contribution in [0.2, 0.25) is 0 Å². The predicted molar refractivity (Wildman–Crippen MR) is 120 cm³/mol. The molecule has 0 saturated carbocycles. The minimum Gasteiger partial charge on any atom is -0.353 e. The Kier molecular flexibility index (Phi) is 5.52. The number of anilines is 2. The lowest BCUT2D eigenvalue weighted by Gasteiger charge is -2.35. The quantitative estimate of drug-likeness (QED) is 0.712. The molecule has 0 aliphatic carbocycles.